The van der Waals surface area contributed by atoms with Crippen molar-refractivity contribution in [1.29, 1.82) is 5.26 Å². The molecule has 21 heavy (non-hydrogen) atoms. The first-order valence-electron chi connectivity index (χ1n) is 6.09. The summed E-state index contributed by atoms with van der Waals surface area (Å²) in [6, 6.07) is 15.0. The summed E-state index contributed by atoms with van der Waals surface area (Å²) in [5.41, 5.74) is 3.32. The van der Waals surface area contributed by atoms with E-state index >= 15 is 0 Å². The molecule has 0 amide bonds. The van der Waals surface area contributed by atoms with E-state index in [1.54, 1.807) is 18.2 Å². The van der Waals surface area contributed by atoms with Crippen molar-refractivity contribution in [3.63, 3.8) is 0 Å². The first-order chi connectivity index (χ1) is 10.2. The quantitative estimate of drug-likeness (QED) is 0.608. The molecule has 0 aliphatic carbocycles. The van der Waals surface area contributed by atoms with Gasteiger partial charge in [0.05, 0.1) is 27.4 Å². The highest BCUT2D eigenvalue weighted by atomic mass is 35.5. The molecule has 0 bridgehead atoms. The van der Waals surface area contributed by atoms with Crippen LogP contribution in [0.15, 0.2) is 47.8 Å². The number of benzene rings is 2. The lowest BCUT2D eigenvalue weighted by Crippen LogP contribution is -1.81. The lowest BCUT2D eigenvalue weighted by atomic mass is 10.1. The van der Waals surface area contributed by atoms with Gasteiger partial charge in [0.1, 0.15) is 5.01 Å². The van der Waals surface area contributed by atoms with E-state index in [0.717, 1.165) is 21.8 Å². The summed E-state index contributed by atoms with van der Waals surface area (Å²) in [6.45, 7) is 0. The Bertz CT molecular complexity index is 849. The van der Waals surface area contributed by atoms with Gasteiger partial charge in [-0.25, -0.2) is 4.98 Å². The average molecular weight is 331 g/mol. The van der Waals surface area contributed by atoms with Crippen LogP contribution in [0.25, 0.3) is 21.8 Å². The van der Waals surface area contributed by atoms with Crippen LogP contribution in [0.1, 0.15) is 5.56 Å². The molecule has 2 aromatic carbocycles. The maximum atomic E-state index is 8.95. The first-order valence-corrected chi connectivity index (χ1v) is 7.72. The Morgan fingerprint density at radius 3 is 2.62 bits per heavy atom. The van der Waals surface area contributed by atoms with E-state index in [1.807, 2.05) is 29.6 Å². The normalized spacial score (nSPS) is 10.3. The number of nitrogens with zero attached hydrogens (tertiary/aromatic N) is 2. The molecule has 0 N–H and O–H groups in total. The minimum absolute atomic E-state index is 0.511. The highest BCUT2D eigenvalue weighted by molar-refractivity contribution is 7.13. The third-order valence-electron chi connectivity index (χ3n) is 2.96. The standard InChI is InChI=1S/C16H8Cl2N2S/c17-13-5-4-12(7-14(13)18)16-20-15(9-21-16)11-3-1-2-10(6-11)8-19/h1-7,9H. The second kappa shape index (κ2) is 5.87. The third kappa shape index (κ3) is 2.93. The van der Waals surface area contributed by atoms with Crippen LogP contribution in [-0.2, 0) is 0 Å². The Balaban J connectivity index is 1.99. The van der Waals surface area contributed by atoms with Crippen molar-refractivity contribution in [2.45, 2.75) is 0 Å². The van der Waals surface area contributed by atoms with Crippen LogP contribution >= 0.6 is 34.5 Å². The Hall–Kier alpha value is -1.86. The molecular formula is C16H8Cl2N2S. The Morgan fingerprint density at radius 1 is 1.00 bits per heavy atom. The van der Waals surface area contributed by atoms with Crippen LogP contribution < -0.4 is 0 Å². The van der Waals surface area contributed by atoms with Crippen LogP contribution in [0, 0.1) is 11.3 Å². The van der Waals surface area contributed by atoms with Crippen molar-refractivity contribution in [1.82, 2.24) is 4.98 Å². The maximum Gasteiger partial charge on any atom is 0.124 e. The van der Waals surface area contributed by atoms with Gasteiger partial charge in [-0.05, 0) is 24.3 Å². The van der Waals surface area contributed by atoms with Crippen LogP contribution in [0.2, 0.25) is 10.0 Å². The molecule has 0 fully saturated rings. The van der Waals surface area contributed by atoms with Gasteiger partial charge in [0, 0.05) is 16.5 Å². The van der Waals surface area contributed by atoms with Crippen LogP contribution in [-0.4, -0.2) is 4.98 Å². The van der Waals surface area contributed by atoms with E-state index in [0.29, 0.717) is 15.6 Å². The van der Waals surface area contributed by atoms with E-state index in [-0.39, 0.29) is 0 Å². The minimum atomic E-state index is 0.511. The first kappa shape index (κ1) is 14.1. The number of thiazole rings is 1. The summed E-state index contributed by atoms with van der Waals surface area (Å²) < 4.78 is 0. The van der Waals surface area contributed by atoms with Crippen molar-refractivity contribution >= 4 is 34.5 Å². The predicted molar refractivity (Wildman–Crippen MR) is 87.7 cm³/mol. The Kier molecular flexibility index (Phi) is 3.94. The Morgan fingerprint density at radius 2 is 1.86 bits per heavy atom. The molecule has 102 valence electrons. The fourth-order valence-corrected chi connectivity index (χ4v) is 3.04. The molecular weight excluding hydrogens is 323 g/mol. The smallest absolute Gasteiger partial charge is 0.124 e. The van der Waals surface area contributed by atoms with Crippen LogP contribution in [0.3, 0.4) is 0 Å². The molecule has 0 aliphatic rings. The zero-order chi connectivity index (χ0) is 14.8. The average Bonchev–Trinajstić information content (AvgIpc) is 3.00. The molecule has 2 nitrogen and oxygen atoms in total. The van der Waals surface area contributed by atoms with E-state index < -0.39 is 0 Å². The molecule has 0 atom stereocenters. The summed E-state index contributed by atoms with van der Waals surface area (Å²) in [7, 11) is 0. The summed E-state index contributed by atoms with van der Waals surface area (Å²) >= 11 is 13.5. The lowest BCUT2D eigenvalue weighted by Gasteiger charge is -2.00. The summed E-state index contributed by atoms with van der Waals surface area (Å²) in [6.07, 6.45) is 0. The molecule has 0 unspecified atom stereocenters. The number of rotatable bonds is 2. The highest BCUT2D eigenvalue weighted by Gasteiger charge is 2.09. The Labute approximate surface area is 136 Å². The molecule has 1 aromatic heterocycles. The zero-order valence-electron chi connectivity index (χ0n) is 10.7. The van der Waals surface area contributed by atoms with Crippen LogP contribution in [0.4, 0.5) is 0 Å². The van der Waals surface area contributed by atoms with Gasteiger partial charge in [0.25, 0.3) is 0 Å². The number of aromatic nitrogens is 1. The van der Waals surface area contributed by atoms with Gasteiger partial charge in [-0.3, -0.25) is 0 Å². The molecule has 1 heterocycles. The number of halogens is 2. The number of hydrogen-bond donors (Lipinski definition) is 0. The van der Waals surface area contributed by atoms with Gasteiger partial charge in [0.2, 0.25) is 0 Å². The monoisotopic (exact) mass is 330 g/mol. The maximum absolute atomic E-state index is 8.95. The van der Waals surface area contributed by atoms with E-state index in [9.17, 15) is 0 Å². The second-order valence-corrected chi connectivity index (χ2v) is 6.03. The summed E-state index contributed by atoms with van der Waals surface area (Å²) in [4.78, 5) is 4.60. The minimum Gasteiger partial charge on any atom is -0.236 e. The van der Waals surface area contributed by atoms with Crippen molar-refractivity contribution in [3.8, 4) is 27.9 Å². The molecule has 0 aliphatic heterocycles. The number of hydrogen-bond acceptors (Lipinski definition) is 3. The van der Waals surface area contributed by atoms with Gasteiger partial charge in [0.15, 0.2) is 0 Å². The molecule has 0 saturated heterocycles. The van der Waals surface area contributed by atoms with Crippen molar-refractivity contribution < 1.29 is 0 Å². The topological polar surface area (TPSA) is 36.7 Å². The summed E-state index contributed by atoms with van der Waals surface area (Å²) in [5, 5.41) is 12.8. The van der Waals surface area contributed by atoms with Gasteiger partial charge in [-0.15, -0.1) is 11.3 Å². The molecule has 3 aromatic rings. The molecule has 0 saturated carbocycles. The fraction of sp³-hybridized carbons (Fsp3) is 0. The molecule has 0 radical (unpaired) electrons. The molecule has 5 heteroatoms. The van der Waals surface area contributed by atoms with Gasteiger partial charge in [-0.2, -0.15) is 5.26 Å². The second-order valence-electron chi connectivity index (χ2n) is 4.36. The van der Waals surface area contributed by atoms with E-state index in [2.05, 4.69) is 11.1 Å². The fourth-order valence-electron chi connectivity index (χ4n) is 1.92. The van der Waals surface area contributed by atoms with Crippen molar-refractivity contribution in [2.24, 2.45) is 0 Å². The highest BCUT2D eigenvalue weighted by Crippen LogP contribution is 2.32. The van der Waals surface area contributed by atoms with E-state index in [1.165, 1.54) is 11.3 Å². The summed E-state index contributed by atoms with van der Waals surface area (Å²) in [5.74, 6) is 0. The largest absolute Gasteiger partial charge is 0.236 e. The van der Waals surface area contributed by atoms with Crippen molar-refractivity contribution in [2.75, 3.05) is 0 Å². The predicted octanol–water partition coefficient (Wildman–Crippen LogP) is 5.66. The van der Waals surface area contributed by atoms with Gasteiger partial charge in [-0.1, -0.05) is 41.4 Å². The van der Waals surface area contributed by atoms with E-state index in [4.69, 9.17) is 28.5 Å². The molecule has 3 rings (SSSR count). The van der Waals surface area contributed by atoms with Gasteiger partial charge < -0.3 is 0 Å². The van der Waals surface area contributed by atoms with Gasteiger partial charge >= 0.3 is 0 Å². The van der Waals surface area contributed by atoms with Crippen LogP contribution in [0.5, 0.6) is 0 Å². The van der Waals surface area contributed by atoms with Crippen molar-refractivity contribution in [3.05, 3.63) is 63.5 Å². The SMILES string of the molecule is N#Cc1cccc(-c2csc(-c3ccc(Cl)c(Cl)c3)n2)c1. The molecule has 0 spiro atoms. The zero-order valence-corrected chi connectivity index (χ0v) is 13.0. The number of nitriles is 1. The third-order valence-corrected chi connectivity index (χ3v) is 4.59. The lowest BCUT2D eigenvalue weighted by molar-refractivity contribution is 1.39.